The van der Waals surface area contributed by atoms with Crippen LogP contribution >= 0.6 is 0 Å². The highest BCUT2D eigenvalue weighted by Gasteiger charge is 2.22. The van der Waals surface area contributed by atoms with Gasteiger partial charge in [-0.2, -0.15) is 17.4 Å². The van der Waals surface area contributed by atoms with Crippen molar-refractivity contribution < 1.29 is 13.2 Å². The normalized spacial score (nSPS) is 19.6. The predicted octanol–water partition coefficient (Wildman–Crippen LogP) is -1.21. The topological polar surface area (TPSA) is 58.6 Å². The van der Waals surface area contributed by atoms with E-state index in [0.717, 1.165) is 0 Å². The molecule has 1 fully saturated rings. The Balaban J connectivity index is 2.53. The van der Waals surface area contributed by atoms with E-state index in [0.29, 0.717) is 26.3 Å². The Morgan fingerprint density at radius 1 is 1.46 bits per heavy atom. The average Bonchev–Trinajstić information content (AvgIpc) is 2.16. The van der Waals surface area contributed by atoms with Crippen molar-refractivity contribution >= 4 is 10.2 Å². The molecule has 1 N–H and O–H groups in total. The van der Waals surface area contributed by atoms with Crippen LogP contribution in [0.2, 0.25) is 0 Å². The summed E-state index contributed by atoms with van der Waals surface area (Å²) >= 11 is 0. The Morgan fingerprint density at radius 2 is 2.08 bits per heavy atom. The van der Waals surface area contributed by atoms with Gasteiger partial charge in [0, 0.05) is 13.1 Å². The summed E-state index contributed by atoms with van der Waals surface area (Å²) in [7, 11) is -3.38. The number of ether oxygens (including phenoxy) is 1. The van der Waals surface area contributed by atoms with Crippen LogP contribution in [0.1, 0.15) is 0 Å². The molecule has 0 radical (unpaired) electrons. The Labute approximate surface area is 78.2 Å². The van der Waals surface area contributed by atoms with Crippen molar-refractivity contribution in [2.45, 2.75) is 0 Å². The number of nitrogens with zero attached hydrogens (tertiary/aromatic N) is 1. The summed E-state index contributed by atoms with van der Waals surface area (Å²) in [5.74, 6) is 2.21. The molecule has 0 aromatic rings. The van der Waals surface area contributed by atoms with Gasteiger partial charge in [0.25, 0.3) is 10.2 Å². The largest absolute Gasteiger partial charge is 0.379 e. The van der Waals surface area contributed by atoms with E-state index in [2.05, 4.69) is 10.6 Å². The van der Waals surface area contributed by atoms with E-state index in [1.54, 1.807) is 0 Å². The zero-order valence-corrected chi connectivity index (χ0v) is 8.01. The summed E-state index contributed by atoms with van der Waals surface area (Å²) in [6, 6.07) is 0. The molecule has 0 spiro atoms. The van der Waals surface area contributed by atoms with Gasteiger partial charge in [-0.3, -0.25) is 0 Å². The highest BCUT2D eigenvalue weighted by Crippen LogP contribution is 2.01. The maximum absolute atomic E-state index is 11.4. The monoisotopic (exact) mass is 204 g/mol. The zero-order chi connectivity index (χ0) is 9.73. The Kier molecular flexibility index (Phi) is 3.69. The van der Waals surface area contributed by atoms with Gasteiger partial charge in [-0.15, -0.1) is 6.42 Å². The molecule has 0 aromatic heterocycles. The molecule has 1 aliphatic rings. The molecule has 0 aromatic carbocycles. The molecule has 0 aliphatic carbocycles. The first-order chi connectivity index (χ1) is 6.17. The third-order valence-corrected chi connectivity index (χ3v) is 3.22. The molecule has 1 heterocycles. The highest BCUT2D eigenvalue weighted by molar-refractivity contribution is 7.87. The van der Waals surface area contributed by atoms with Gasteiger partial charge in [0.1, 0.15) is 0 Å². The predicted molar refractivity (Wildman–Crippen MR) is 48.1 cm³/mol. The molecular formula is C7H12N2O3S. The van der Waals surface area contributed by atoms with E-state index in [9.17, 15) is 8.42 Å². The van der Waals surface area contributed by atoms with Gasteiger partial charge in [-0.1, -0.05) is 5.92 Å². The number of morpholine rings is 1. The van der Waals surface area contributed by atoms with Gasteiger partial charge >= 0.3 is 0 Å². The summed E-state index contributed by atoms with van der Waals surface area (Å²) in [6.45, 7) is 1.69. The lowest BCUT2D eigenvalue weighted by Gasteiger charge is -2.25. The lowest BCUT2D eigenvalue weighted by molar-refractivity contribution is 0.0725. The van der Waals surface area contributed by atoms with Crippen LogP contribution in [0.15, 0.2) is 0 Å². The average molecular weight is 204 g/mol. The first kappa shape index (κ1) is 10.5. The van der Waals surface area contributed by atoms with E-state index in [1.807, 2.05) is 0 Å². The molecule has 1 saturated heterocycles. The van der Waals surface area contributed by atoms with Crippen molar-refractivity contribution in [2.24, 2.45) is 0 Å². The van der Waals surface area contributed by atoms with Crippen molar-refractivity contribution in [1.82, 2.24) is 9.03 Å². The van der Waals surface area contributed by atoms with Gasteiger partial charge in [0.05, 0.1) is 19.8 Å². The number of nitrogens with one attached hydrogen (secondary N) is 1. The minimum Gasteiger partial charge on any atom is -0.379 e. The number of rotatable bonds is 3. The standard InChI is InChI=1S/C7H12N2O3S/c1-2-3-8-13(10,11)9-4-6-12-7-5-9/h1,8H,3-7H2. The molecule has 13 heavy (non-hydrogen) atoms. The van der Waals surface area contributed by atoms with Crippen LogP contribution < -0.4 is 4.72 Å². The van der Waals surface area contributed by atoms with E-state index in [4.69, 9.17) is 11.2 Å². The minimum atomic E-state index is -3.38. The second-order valence-electron chi connectivity index (χ2n) is 2.54. The van der Waals surface area contributed by atoms with Crippen molar-refractivity contribution in [3.63, 3.8) is 0 Å². The van der Waals surface area contributed by atoms with E-state index in [1.165, 1.54) is 4.31 Å². The lowest BCUT2D eigenvalue weighted by Crippen LogP contribution is -2.46. The zero-order valence-electron chi connectivity index (χ0n) is 7.19. The highest BCUT2D eigenvalue weighted by atomic mass is 32.2. The van der Waals surface area contributed by atoms with Crippen molar-refractivity contribution in [2.75, 3.05) is 32.8 Å². The Hall–Kier alpha value is -0.610. The second kappa shape index (κ2) is 4.58. The minimum absolute atomic E-state index is 0.0275. The number of hydrogen-bond donors (Lipinski definition) is 1. The third kappa shape index (κ3) is 2.97. The van der Waals surface area contributed by atoms with Crippen LogP contribution in [0, 0.1) is 12.3 Å². The van der Waals surface area contributed by atoms with Crippen LogP contribution in [0.5, 0.6) is 0 Å². The third-order valence-electron chi connectivity index (χ3n) is 1.67. The van der Waals surface area contributed by atoms with Crippen LogP contribution in [-0.2, 0) is 14.9 Å². The fraction of sp³-hybridized carbons (Fsp3) is 0.714. The molecule has 0 unspecified atom stereocenters. The van der Waals surface area contributed by atoms with Crippen LogP contribution in [0.3, 0.4) is 0 Å². The molecule has 5 nitrogen and oxygen atoms in total. The first-order valence-electron chi connectivity index (χ1n) is 3.93. The van der Waals surface area contributed by atoms with Crippen LogP contribution in [0.4, 0.5) is 0 Å². The smallest absolute Gasteiger partial charge is 0.280 e. The molecule has 0 saturated carbocycles. The number of hydrogen-bond acceptors (Lipinski definition) is 3. The van der Waals surface area contributed by atoms with Crippen molar-refractivity contribution in [3.8, 4) is 12.3 Å². The first-order valence-corrected chi connectivity index (χ1v) is 5.37. The van der Waals surface area contributed by atoms with Crippen LogP contribution in [0.25, 0.3) is 0 Å². The van der Waals surface area contributed by atoms with E-state index in [-0.39, 0.29) is 6.54 Å². The summed E-state index contributed by atoms with van der Waals surface area (Å²) in [5.41, 5.74) is 0. The number of terminal acetylenes is 1. The molecule has 1 rings (SSSR count). The lowest BCUT2D eigenvalue weighted by atomic mass is 10.5. The second-order valence-corrected chi connectivity index (χ2v) is 4.30. The summed E-state index contributed by atoms with van der Waals surface area (Å²) in [6.07, 6.45) is 4.95. The van der Waals surface area contributed by atoms with Gasteiger partial charge in [-0.25, -0.2) is 0 Å². The maximum Gasteiger partial charge on any atom is 0.280 e. The van der Waals surface area contributed by atoms with Crippen LogP contribution in [-0.4, -0.2) is 45.6 Å². The van der Waals surface area contributed by atoms with Crippen molar-refractivity contribution in [3.05, 3.63) is 0 Å². The molecule has 1 aliphatic heterocycles. The van der Waals surface area contributed by atoms with Gasteiger partial charge < -0.3 is 4.74 Å². The fourth-order valence-corrected chi connectivity index (χ4v) is 2.09. The molecular weight excluding hydrogens is 192 g/mol. The van der Waals surface area contributed by atoms with E-state index < -0.39 is 10.2 Å². The molecule has 0 atom stereocenters. The summed E-state index contributed by atoms with van der Waals surface area (Å²) < 4.78 is 31.5. The molecule has 74 valence electrons. The Bertz CT molecular complexity index is 287. The Morgan fingerprint density at radius 3 is 2.62 bits per heavy atom. The maximum atomic E-state index is 11.4. The summed E-state index contributed by atoms with van der Waals surface area (Å²) in [5, 5.41) is 0. The van der Waals surface area contributed by atoms with Gasteiger partial charge in [0.15, 0.2) is 0 Å². The van der Waals surface area contributed by atoms with Gasteiger partial charge in [0.2, 0.25) is 0 Å². The van der Waals surface area contributed by atoms with E-state index >= 15 is 0 Å². The molecule has 0 amide bonds. The fourth-order valence-electron chi connectivity index (χ4n) is 1.01. The van der Waals surface area contributed by atoms with Gasteiger partial charge in [-0.05, 0) is 0 Å². The van der Waals surface area contributed by atoms with Crippen molar-refractivity contribution in [1.29, 1.82) is 0 Å². The quantitative estimate of drug-likeness (QED) is 0.587. The SMILES string of the molecule is C#CCNS(=O)(=O)N1CCOCC1. The molecule has 6 heteroatoms. The molecule has 0 bridgehead atoms. The summed E-state index contributed by atoms with van der Waals surface area (Å²) in [4.78, 5) is 0.